The third-order valence-corrected chi connectivity index (χ3v) is 1.31. The molecule has 0 N–H and O–H groups in total. The molecule has 0 aliphatic rings. The van der Waals surface area contributed by atoms with Gasteiger partial charge >= 0.3 is 0 Å². The highest BCUT2D eigenvalue weighted by molar-refractivity contribution is 6.08. The summed E-state index contributed by atoms with van der Waals surface area (Å²) in [5.41, 5.74) is 0. The topological polar surface area (TPSA) is 0 Å². The Hall–Kier alpha value is 0.645. The van der Waals surface area contributed by atoms with Crippen LogP contribution in [0.2, 0.25) is 6.32 Å². The zero-order valence-corrected chi connectivity index (χ0v) is 8.27. The normalized spacial score (nSPS) is 7.70. The summed E-state index contributed by atoms with van der Waals surface area (Å²) >= 11 is 0. The minimum absolute atomic E-state index is 0. The Morgan fingerprint density at radius 3 is 1.80 bits per heavy atom. The zero-order valence-electron chi connectivity index (χ0n) is 6.64. The third kappa shape index (κ3) is 15.9. The number of unbranched alkanes of at least 4 members (excludes halogenated alkanes) is 4. The van der Waals surface area contributed by atoms with E-state index in [-0.39, 0.29) is 24.8 Å². The molecule has 2 radical (unpaired) electrons. The minimum atomic E-state index is 0. The first-order valence-electron chi connectivity index (χ1n) is 3.62. The molecule has 0 rings (SSSR count). The number of hydrogen-bond donors (Lipinski definition) is 0. The van der Waals surface area contributed by atoms with Crippen LogP contribution >= 0.6 is 24.8 Å². The fourth-order valence-corrected chi connectivity index (χ4v) is 0.748. The smallest absolute Gasteiger partial charge is 0.0653 e. The maximum Gasteiger partial charge on any atom is 0.0653 e. The zero-order chi connectivity index (χ0) is 6.24. The van der Waals surface area contributed by atoms with Gasteiger partial charge in [-0.3, -0.25) is 0 Å². The Morgan fingerprint density at radius 2 is 1.40 bits per heavy atom. The van der Waals surface area contributed by atoms with Crippen LogP contribution < -0.4 is 0 Å². The second-order valence-electron chi connectivity index (χ2n) is 2.20. The summed E-state index contributed by atoms with van der Waals surface area (Å²) in [5.74, 6) is 0. The van der Waals surface area contributed by atoms with E-state index in [1.165, 1.54) is 32.1 Å². The van der Waals surface area contributed by atoms with Gasteiger partial charge in [-0.25, -0.2) is 0 Å². The molecule has 0 aromatic heterocycles. The van der Waals surface area contributed by atoms with Gasteiger partial charge in [-0.05, 0) is 0 Å². The molecule has 0 aliphatic carbocycles. The van der Waals surface area contributed by atoms with Crippen molar-refractivity contribution in [2.75, 3.05) is 0 Å². The predicted octanol–water partition coefficient (Wildman–Crippen LogP) is 3.39. The van der Waals surface area contributed by atoms with Crippen molar-refractivity contribution < 1.29 is 0 Å². The molecule has 0 saturated heterocycles. The van der Waals surface area contributed by atoms with Crippen molar-refractivity contribution in [2.45, 2.75) is 45.3 Å². The van der Waals surface area contributed by atoms with Crippen molar-refractivity contribution in [1.29, 1.82) is 0 Å². The van der Waals surface area contributed by atoms with Crippen LogP contribution in [-0.2, 0) is 0 Å². The van der Waals surface area contributed by atoms with E-state index in [1.807, 2.05) is 0 Å². The molecule has 0 aliphatic heterocycles. The molecule has 62 valence electrons. The van der Waals surface area contributed by atoms with Crippen LogP contribution in [0.1, 0.15) is 39.0 Å². The Kier molecular flexibility index (Phi) is 27.7. The average molecular weight is 183 g/mol. The standard InChI is InChI=1S/C7H15B.2ClH/c1-2-3-4-5-6-7-8;;/h2-7H2,1H3;2*1H. The lowest BCUT2D eigenvalue weighted by Gasteiger charge is -1.93. The Morgan fingerprint density at radius 1 is 0.900 bits per heavy atom. The van der Waals surface area contributed by atoms with Crippen molar-refractivity contribution >= 4 is 32.7 Å². The van der Waals surface area contributed by atoms with Gasteiger partial charge in [-0.15, -0.1) is 24.8 Å². The first-order chi connectivity index (χ1) is 3.91. The van der Waals surface area contributed by atoms with E-state index in [4.69, 9.17) is 7.85 Å². The molecule has 0 saturated carbocycles. The molecule has 0 aromatic carbocycles. The molecule has 0 atom stereocenters. The Balaban J connectivity index is -0.000000245. The highest BCUT2D eigenvalue weighted by atomic mass is 35.5. The van der Waals surface area contributed by atoms with E-state index in [0.29, 0.717) is 0 Å². The maximum absolute atomic E-state index is 5.31. The van der Waals surface area contributed by atoms with Gasteiger partial charge in [0.25, 0.3) is 0 Å². The summed E-state index contributed by atoms with van der Waals surface area (Å²) in [6.45, 7) is 2.22. The lowest BCUT2D eigenvalue weighted by molar-refractivity contribution is 0.656. The van der Waals surface area contributed by atoms with Crippen molar-refractivity contribution in [3.63, 3.8) is 0 Å². The highest BCUT2D eigenvalue weighted by Crippen LogP contribution is 2.02. The van der Waals surface area contributed by atoms with Gasteiger partial charge in [0.15, 0.2) is 0 Å². The van der Waals surface area contributed by atoms with Crippen LogP contribution in [0.15, 0.2) is 0 Å². The van der Waals surface area contributed by atoms with Crippen LogP contribution in [-0.4, -0.2) is 7.85 Å². The van der Waals surface area contributed by atoms with Crippen LogP contribution in [0.4, 0.5) is 0 Å². The Labute approximate surface area is 78.4 Å². The molecule has 0 bridgehead atoms. The fraction of sp³-hybridized carbons (Fsp3) is 1.00. The number of rotatable bonds is 5. The van der Waals surface area contributed by atoms with Gasteiger partial charge in [0, 0.05) is 0 Å². The van der Waals surface area contributed by atoms with E-state index in [9.17, 15) is 0 Å². The van der Waals surface area contributed by atoms with E-state index in [1.54, 1.807) is 0 Å². The second-order valence-corrected chi connectivity index (χ2v) is 2.20. The van der Waals surface area contributed by atoms with Crippen molar-refractivity contribution in [3.8, 4) is 0 Å². The monoisotopic (exact) mass is 182 g/mol. The van der Waals surface area contributed by atoms with Gasteiger partial charge in [0.2, 0.25) is 0 Å². The molecule has 0 amide bonds. The molecule has 10 heavy (non-hydrogen) atoms. The lowest BCUT2D eigenvalue weighted by Crippen LogP contribution is -1.75. The predicted molar refractivity (Wildman–Crippen MR) is 53.8 cm³/mol. The summed E-state index contributed by atoms with van der Waals surface area (Å²) in [7, 11) is 5.31. The first-order valence-corrected chi connectivity index (χ1v) is 3.62. The summed E-state index contributed by atoms with van der Waals surface area (Å²) in [6.07, 6.45) is 7.46. The highest BCUT2D eigenvalue weighted by Gasteiger charge is 1.83. The number of halogens is 2. The van der Waals surface area contributed by atoms with E-state index < -0.39 is 0 Å². The average Bonchev–Trinajstić information content (AvgIpc) is 1.81. The van der Waals surface area contributed by atoms with Crippen molar-refractivity contribution in [3.05, 3.63) is 0 Å². The summed E-state index contributed by atoms with van der Waals surface area (Å²) < 4.78 is 0. The summed E-state index contributed by atoms with van der Waals surface area (Å²) in [4.78, 5) is 0. The van der Waals surface area contributed by atoms with Gasteiger partial charge in [0.1, 0.15) is 0 Å². The third-order valence-electron chi connectivity index (χ3n) is 1.31. The van der Waals surface area contributed by atoms with Gasteiger partial charge < -0.3 is 0 Å². The molecular weight excluding hydrogens is 166 g/mol. The maximum atomic E-state index is 5.31. The fourth-order valence-electron chi connectivity index (χ4n) is 0.748. The SMILES string of the molecule is Cl.Cl.[B]CCCCCCC. The summed E-state index contributed by atoms with van der Waals surface area (Å²) in [5, 5.41) is 0. The lowest BCUT2D eigenvalue weighted by atomic mass is 9.99. The summed E-state index contributed by atoms with van der Waals surface area (Å²) in [6, 6.07) is 0. The first kappa shape index (κ1) is 16.9. The Bertz CT molecular complexity index is 36.6. The van der Waals surface area contributed by atoms with Gasteiger partial charge in [-0.1, -0.05) is 45.3 Å². The molecular formula is C7H17BCl2. The van der Waals surface area contributed by atoms with Gasteiger partial charge in [0.05, 0.1) is 7.85 Å². The van der Waals surface area contributed by atoms with E-state index >= 15 is 0 Å². The number of hydrogen-bond acceptors (Lipinski definition) is 0. The van der Waals surface area contributed by atoms with E-state index in [2.05, 4.69) is 6.92 Å². The largest absolute Gasteiger partial charge is 0.147 e. The second kappa shape index (κ2) is 16.3. The molecule has 3 heteroatoms. The van der Waals surface area contributed by atoms with Crippen molar-refractivity contribution in [2.24, 2.45) is 0 Å². The molecule has 0 nitrogen and oxygen atoms in total. The van der Waals surface area contributed by atoms with Gasteiger partial charge in [-0.2, -0.15) is 0 Å². The molecule has 0 unspecified atom stereocenters. The molecule has 0 heterocycles. The van der Waals surface area contributed by atoms with Crippen molar-refractivity contribution in [1.82, 2.24) is 0 Å². The van der Waals surface area contributed by atoms with Crippen LogP contribution in [0.25, 0.3) is 0 Å². The molecule has 0 spiro atoms. The minimum Gasteiger partial charge on any atom is -0.147 e. The van der Waals surface area contributed by atoms with Crippen LogP contribution in [0.5, 0.6) is 0 Å². The van der Waals surface area contributed by atoms with E-state index in [0.717, 1.165) is 6.32 Å². The van der Waals surface area contributed by atoms with Crippen LogP contribution in [0, 0.1) is 0 Å². The quantitative estimate of drug-likeness (QED) is 0.452. The molecule has 0 aromatic rings. The van der Waals surface area contributed by atoms with Crippen LogP contribution in [0.3, 0.4) is 0 Å². The molecule has 0 fully saturated rings.